The van der Waals surface area contributed by atoms with E-state index in [-0.39, 0.29) is 11.9 Å². The fourth-order valence-electron chi connectivity index (χ4n) is 3.11. The maximum Gasteiger partial charge on any atom is 0.230 e. The van der Waals surface area contributed by atoms with Gasteiger partial charge in [-0.25, -0.2) is 0 Å². The fraction of sp³-hybridized carbons (Fsp3) is 0.389. The molecule has 23 heavy (non-hydrogen) atoms. The van der Waals surface area contributed by atoms with Gasteiger partial charge < -0.3 is 5.32 Å². The third kappa shape index (κ3) is 3.37. The minimum absolute atomic E-state index is 0.0176. The van der Waals surface area contributed by atoms with Crippen molar-refractivity contribution in [3.63, 3.8) is 0 Å². The highest BCUT2D eigenvalue weighted by molar-refractivity contribution is 6.30. The summed E-state index contributed by atoms with van der Waals surface area (Å²) in [6.45, 7) is 2.00. The number of benzene rings is 1. The highest BCUT2D eigenvalue weighted by Gasteiger charge is 2.45. The number of hydrogen-bond acceptors (Lipinski definition) is 3. The molecule has 1 amide bonds. The Labute approximate surface area is 141 Å². The van der Waals surface area contributed by atoms with Crippen molar-refractivity contribution < 1.29 is 4.79 Å². The van der Waals surface area contributed by atoms with E-state index in [1.165, 1.54) is 0 Å². The molecule has 1 fully saturated rings. The average molecular weight is 330 g/mol. The number of amides is 1. The monoisotopic (exact) mass is 329 g/mol. The largest absolute Gasteiger partial charge is 0.352 e. The van der Waals surface area contributed by atoms with Gasteiger partial charge in [0, 0.05) is 36.1 Å². The first-order chi connectivity index (χ1) is 11.1. The molecule has 0 radical (unpaired) electrons. The first-order valence-electron chi connectivity index (χ1n) is 7.92. The minimum Gasteiger partial charge on any atom is -0.352 e. The summed E-state index contributed by atoms with van der Waals surface area (Å²) < 4.78 is 0. The SMILES string of the molecule is CC(Cc1cnccn1)NC(=O)C1(c2ccc(Cl)cc2)CCC1. The minimum atomic E-state index is -0.402. The molecule has 1 atom stereocenters. The molecule has 1 aliphatic rings. The summed E-state index contributed by atoms with van der Waals surface area (Å²) in [5, 5.41) is 3.84. The lowest BCUT2D eigenvalue weighted by Crippen LogP contribution is -2.51. The molecule has 1 saturated carbocycles. The molecule has 1 aromatic carbocycles. The van der Waals surface area contributed by atoms with Crippen LogP contribution in [0.4, 0.5) is 0 Å². The number of halogens is 1. The van der Waals surface area contributed by atoms with Crippen LogP contribution in [0.15, 0.2) is 42.9 Å². The summed E-state index contributed by atoms with van der Waals surface area (Å²) >= 11 is 5.96. The Hall–Kier alpha value is -1.94. The van der Waals surface area contributed by atoms with Crippen LogP contribution in [0.1, 0.15) is 37.4 Å². The Balaban J connectivity index is 1.69. The Bertz CT molecular complexity index is 668. The van der Waals surface area contributed by atoms with Gasteiger partial charge in [0.25, 0.3) is 0 Å². The van der Waals surface area contributed by atoms with Gasteiger partial charge in [0.05, 0.1) is 11.1 Å². The lowest BCUT2D eigenvalue weighted by atomic mass is 9.63. The normalized spacial score (nSPS) is 17.1. The van der Waals surface area contributed by atoms with Crippen LogP contribution < -0.4 is 5.32 Å². The summed E-state index contributed by atoms with van der Waals surface area (Å²) in [5.41, 5.74) is 1.54. The zero-order valence-corrected chi connectivity index (χ0v) is 13.9. The van der Waals surface area contributed by atoms with E-state index in [2.05, 4.69) is 15.3 Å². The van der Waals surface area contributed by atoms with E-state index in [0.717, 1.165) is 30.5 Å². The maximum atomic E-state index is 12.9. The molecule has 120 valence electrons. The molecule has 1 heterocycles. The van der Waals surface area contributed by atoms with Crippen molar-refractivity contribution in [2.24, 2.45) is 0 Å². The van der Waals surface area contributed by atoms with Crippen LogP contribution in [0.25, 0.3) is 0 Å². The van der Waals surface area contributed by atoms with Gasteiger partial charge in [0.1, 0.15) is 0 Å². The first-order valence-corrected chi connectivity index (χ1v) is 8.30. The summed E-state index contributed by atoms with van der Waals surface area (Å²) in [6.07, 6.45) is 8.59. The molecule has 0 saturated heterocycles. The second kappa shape index (κ2) is 6.67. The van der Waals surface area contributed by atoms with Crippen LogP contribution in [-0.2, 0) is 16.6 Å². The predicted octanol–water partition coefficient (Wildman–Crippen LogP) is 3.30. The second-order valence-corrected chi connectivity index (χ2v) is 6.65. The average Bonchev–Trinajstić information content (AvgIpc) is 2.49. The molecule has 5 heteroatoms. The zero-order valence-electron chi connectivity index (χ0n) is 13.1. The van der Waals surface area contributed by atoms with Gasteiger partial charge >= 0.3 is 0 Å². The van der Waals surface area contributed by atoms with Gasteiger partial charge in [0.15, 0.2) is 0 Å². The molecular formula is C18H20ClN3O. The smallest absolute Gasteiger partial charge is 0.230 e. The molecule has 0 aliphatic heterocycles. The third-order valence-corrected chi connectivity index (χ3v) is 4.80. The standard InChI is InChI=1S/C18H20ClN3O/c1-13(11-16-12-20-9-10-21-16)22-17(23)18(7-2-8-18)14-3-5-15(19)6-4-14/h3-6,9-10,12-13H,2,7-8,11H2,1H3,(H,22,23). The van der Waals surface area contributed by atoms with Crippen molar-refractivity contribution in [3.8, 4) is 0 Å². The zero-order chi connectivity index (χ0) is 16.3. The molecule has 1 N–H and O–H groups in total. The lowest BCUT2D eigenvalue weighted by Gasteiger charge is -2.41. The molecule has 0 bridgehead atoms. The molecule has 2 aromatic rings. The van der Waals surface area contributed by atoms with Gasteiger partial charge in [-0.15, -0.1) is 0 Å². The molecule has 3 rings (SSSR count). The number of carbonyl (C=O) groups is 1. The van der Waals surface area contributed by atoms with Gasteiger partial charge in [0.2, 0.25) is 5.91 Å². The van der Waals surface area contributed by atoms with E-state index in [0.29, 0.717) is 11.4 Å². The molecule has 1 aromatic heterocycles. The summed E-state index contributed by atoms with van der Waals surface area (Å²) in [6, 6.07) is 7.66. The number of rotatable bonds is 5. The number of nitrogens with one attached hydrogen (secondary N) is 1. The van der Waals surface area contributed by atoms with Gasteiger partial charge in [-0.1, -0.05) is 30.2 Å². The lowest BCUT2D eigenvalue weighted by molar-refractivity contribution is -0.130. The van der Waals surface area contributed by atoms with E-state index in [1.807, 2.05) is 31.2 Å². The van der Waals surface area contributed by atoms with E-state index in [9.17, 15) is 4.79 Å². The van der Waals surface area contributed by atoms with Crippen LogP contribution in [0.2, 0.25) is 5.02 Å². The molecule has 0 spiro atoms. The van der Waals surface area contributed by atoms with Gasteiger partial charge in [-0.3, -0.25) is 14.8 Å². The van der Waals surface area contributed by atoms with E-state index in [4.69, 9.17) is 11.6 Å². The highest BCUT2D eigenvalue weighted by atomic mass is 35.5. The van der Waals surface area contributed by atoms with Crippen molar-refractivity contribution in [3.05, 3.63) is 59.1 Å². The first kappa shape index (κ1) is 15.9. The van der Waals surface area contributed by atoms with Crippen LogP contribution in [0.5, 0.6) is 0 Å². The Morgan fingerprint density at radius 1 is 1.30 bits per heavy atom. The van der Waals surface area contributed by atoms with E-state index >= 15 is 0 Å². The van der Waals surface area contributed by atoms with Crippen molar-refractivity contribution in [2.45, 2.75) is 44.1 Å². The molecular weight excluding hydrogens is 310 g/mol. The predicted molar refractivity (Wildman–Crippen MR) is 90.3 cm³/mol. The van der Waals surface area contributed by atoms with Crippen LogP contribution in [0, 0.1) is 0 Å². The van der Waals surface area contributed by atoms with Crippen LogP contribution in [0.3, 0.4) is 0 Å². The van der Waals surface area contributed by atoms with Crippen LogP contribution in [-0.4, -0.2) is 21.9 Å². The molecule has 4 nitrogen and oxygen atoms in total. The van der Waals surface area contributed by atoms with Crippen molar-refractivity contribution in [1.29, 1.82) is 0 Å². The van der Waals surface area contributed by atoms with Crippen molar-refractivity contribution >= 4 is 17.5 Å². The quantitative estimate of drug-likeness (QED) is 0.915. The Morgan fingerprint density at radius 3 is 2.61 bits per heavy atom. The van der Waals surface area contributed by atoms with Gasteiger partial charge in [-0.05, 0) is 37.5 Å². The molecule has 1 unspecified atom stereocenters. The highest BCUT2D eigenvalue weighted by Crippen LogP contribution is 2.44. The summed E-state index contributed by atoms with van der Waals surface area (Å²) in [7, 11) is 0. The maximum absolute atomic E-state index is 12.9. The number of hydrogen-bond donors (Lipinski definition) is 1. The van der Waals surface area contributed by atoms with E-state index < -0.39 is 5.41 Å². The summed E-state index contributed by atoms with van der Waals surface area (Å²) in [4.78, 5) is 21.2. The second-order valence-electron chi connectivity index (χ2n) is 6.22. The van der Waals surface area contributed by atoms with Crippen molar-refractivity contribution in [1.82, 2.24) is 15.3 Å². The van der Waals surface area contributed by atoms with Gasteiger partial charge in [-0.2, -0.15) is 0 Å². The fourth-order valence-corrected chi connectivity index (χ4v) is 3.23. The topological polar surface area (TPSA) is 54.9 Å². The molecule has 1 aliphatic carbocycles. The van der Waals surface area contributed by atoms with E-state index in [1.54, 1.807) is 18.6 Å². The van der Waals surface area contributed by atoms with Crippen molar-refractivity contribution in [2.75, 3.05) is 0 Å². The van der Waals surface area contributed by atoms with Crippen LogP contribution >= 0.6 is 11.6 Å². The third-order valence-electron chi connectivity index (χ3n) is 4.55. The Morgan fingerprint density at radius 2 is 2.04 bits per heavy atom. The summed E-state index contributed by atoms with van der Waals surface area (Å²) in [5.74, 6) is 0.0995. The number of nitrogens with zero attached hydrogens (tertiary/aromatic N) is 2. The number of carbonyl (C=O) groups excluding carboxylic acids is 1. The number of aromatic nitrogens is 2. The Kier molecular flexibility index (Phi) is 4.62.